The summed E-state index contributed by atoms with van der Waals surface area (Å²) in [5.41, 5.74) is 0.663. The summed E-state index contributed by atoms with van der Waals surface area (Å²) in [6.45, 7) is 1.91. The lowest BCUT2D eigenvalue weighted by Crippen LogP contribution is -2.37. The number of hydrogen-bond acceptors (Lipinski definition) is 3. The third-order valence-electron chi connectivity index (χ3n) is 2.54. The van der Waals surface area contributed by atoms with Gasteiger partial charge in [0.25, 0.3) is 0 Å². The second kappa shape index (κ2) is 8.27. The van der Waals surface area contributed by atoms with Crippen LogP contribution in [0.5, 0.6) is 0 Å². The van der Waals surface area contributed by atoms with Crippen LogP contribution in [0.1, 0.15) is 18.9 Å². The van der Waals surface area contributed by atoms with Gasteiger partial charge in [0.15, 0.2) is 0 Å². The predicted octanol–water partition coefficient (Wildman–Crippen LogP) is 1.67. The third-order valence-corrected chi connectivity index (χ3v) is 2.54. The second-order valence-electron chi connectivity index (χ2n) is 4.32. The molecule has 110 valence electrons. The molecule has 1 N–H and O–H groups in total. The summed E-state index contributed by atoms with van der Waals surface area (Å²) >= 11 is 0. The summed E-state index contributed by atoms with van der Waals surface area (Å²) in [6, 6.07) is 5.58. The van der Waals surface area contributed by atoms with Gasteiger partial charge in [-0.1, -0.05) is 19.1 Å². The highest BCUT2D eigenvalue weighted by atomic mass is 19.1. The van der Waals surface area contributed by atoms with Crippen LogP contribution < -0.4 is 0 Å². The fourth-order valence-corrected chi connectivity index (χ4v) is 1.60. The number of aliphatic carboxylic acids is 1. The van der Waals surface area contributed by atoms with Gasteiger partial charge in [0, 0.05) is 13.2 Å². The Morgan fingerprint density at radius 2 is 1.95 bits per heavy atom. The number of rotatable bonds is 8. The number of halogens is 1. The molecule has 1 amide bonds. The van der Waals surface area contributed by atoms with E-state index in [1.165, 1.54) is 29.2 Å². The largest absolute Gasteiger partial charge is 0.480 e. The van der Waals surface area contributed by atoms with Crippen LogP contribution in [0.25, 0.3) is 0 Å². The van der Waals surface area contributed by atoms with E-state index in [-0.39, 0.29) is 19.0 Å². The van der Waals surface area contributed by atoms with Crippen LogP contribution in [0.4, 0.5) is 4.39 Å². The number of carbonyl (C=O) groups is 2. The van der Waals surface area contributed by atoms with E-state index in [2.05, 4.69) is 0 Å². The first-order valence-electron chi connectivity index (χ1n) is 6.34. The maximum atomic E-state index is 12.8. The Morgan fingerprint density at radius 1 is 1.30 bits per heavy atom. The molecule has 6 heteroatoms. The highest BCUT2D eigenvalue weighted by Gasteiger charge is 2.17. The topological polar surface area (TPSA) is 66.8 Å². The molecule has 0 saturated heterocycles. The average Bonchev–Trinajstić information content (AvgIpc) is 2.40. The number of benzene rings is 1. The molecule has 0 atom stereocenters. The molecule has 0 bridgehead atoms. The van der Waals surface area contributed by atoms with Gasteiger partial charge >= 0.3 is 5.97 Å². The standard InChI is InChI=1S/C14H18FNO4/c1-2-7-20-10-13(17)16(9-14(18)19)8-11-3-5-12(15)6-4-11/h3-6H,2,7-10H2,1H3,(H,18,19). The fraction of sp³-hybridized carbons (Fsp3) is 0.429. The van der Waals surface area contributed by atoms with Crippen molar-refractivity contribution in [2.75, 3.05) is 19.8 Å². The van der Waals surface area contributed by atoms with Crippen LogP contribution in [-0.4, -0.2) is 41.6 Å². The molecule has 0 saturated carbocycles. The lowest BCUT2D eigenvalue weighted by atomic mass is 10.2. The van der Waals surface area contributed by atoms with Gasteiger partial charge in [-0.05, 0) is 24.1 Å². The van der Waals surface area contributed by atoms with Gasteiger partial charge in [-0.25, -0.2) is 4.39 Å². The summed E-state index contributed by atoms with van der Waals surface area (Å²) in [6.07, 6.45) is 0.782. The zero-order valence-electron chi connectivity index (χ0n) is 11.3. The Kier molecular flexibility index (Phi) is 6.66. The van der Waals surface area contributed by atoms with Crippen LogP contribution in [0.3, 0.4) is 0 Å². The molecular formula is C14H18FNO4. The molecule has 0 aliphatic rings. The minimum Gasteiger partial charge on any atom is -0.480 e. The SMILES string of the molecule is CCCOCC(=O)N(CC(=O)O)Cc1ccc(F)cc1. The zero-order valence-corrected chi connectivity index (χ0v) is 11.3. The highest BCUT2D eigenvalue weighted by Crippen LogP contribution is 2.07. The Labute approximate surface area is 117 Å². The van der Waals surface area contributed by atoms with E-state index in [9.17, 15) is 14.0 Å². The average molecular weight is 283 g/mol. The summed E-state index contributed by atoms with van der Waals surface area (Å²) < 4.78 is 17.9. The molecule has 1 aromatic carbocycles. The van der Waals surface area contributed by atoms with Gasteiger partial charge in [-0.2, -0.15) is 0 Å². The molecule has 1 rings (SSSR count). The van der Waals surface area contributed by atoms with Crippen LogP contribution in [0, 0.1) is 5.82 Å². The van der Waals surface area contributed by atoms with Crippen molar-refractivity contribution < 1.29 is 23.8 Å². The van der Waals surface area contributed by atoms with Gasteiger partial charge in [-0.3, -0.25) is 9.59 Å². The Bertz CT molecular complexity index is 447. The van der Waals surface area contributed by atoms with Gasteiger partial charge < -0.3 is 14.7 Å². The number of ether oxygens (including phenoxy) is 1. The van der Waals surface area contributed by atoms with Crippen molar-refractivity contribution in [1.82, 2.24) is 4.90 Å². The first-order chi connectivity index (χ1) is 9.52. The predicted molar refractivity (Wildman–Crippen MR) is 70.6 cm³/mol. The lowest BCUT2D eigenvalue weighted by Gasteiger charge is -2.20. The minimum absolute atomic E-state index is 0.112. The second-order valence-corrected chi connectivity index (χ2v) is 4.32. The van der Waals surface area contributed by atoms with Crippen LogP contribution in [0.15, 0.2) is 24.3 Å². The van der Waals surface area contributed by atoms with Crippen molar-refractivity contribution in [3.63, 3.8) is 0 Å². The van der Waals surface area contributed by atoms with E-state index in [4.69, 9.17) is 9.84 Å². The number of carboxylic acids is 1. The number of nitrogens with zero attached hydrogens (tertiary/aromatic N) is 1. The van der Waals surface area contributed by atoms with Crippen molar-refractivity contribution >= 4 is 11.9 Å². The van der Waals surface area contributed by atoms with E-state index in [1.54, 1.807) is 0 Å². The number of hydrogen-bond donors (Lipinski definition) is 1. The fourth-order valence-electron chi connectivity index (χ4n) is 1.60. The van der Waals surface area contributed by atoms with Crippen LogP contribution in [0.2, 0.25) is 0 Å². The summed E-state index contributed by atoms with van der Waals surface area (Å²) in [5, 5.41) is 8.83. The molecule has 0 aliphatic carbocycles. The molecular weight excluding hydrogens is 265 g/mol. The number of carbonyl (C=O) groups excluding carboxylic acids is 1. The van der Waals surface area contributed by atoms with E-state index in [1.807, 2.05) is 6.92 Å². The van der Waals surface area contributed by atoms with Gasteiger partial charge in [0.2, 0.25) is 5.91 Å². The first kappa shape index (κ1) is 16.1. The molecule has 0 heterocycles. The number of amides is 1. The summed E-state index contributed by atoms with van der Waals surface area (Å²) in [5.74, 6) is -1.88. The number of carboxylic acid groups (broad SMARTS) is 1. The molecule has 5 nitrogen and oxygen atoms in total. The van der Waals surface area contributed by atoms with E-state index < -0.39 is 18.4 Å². The van der Waals surface area contributed by atoms with Gasteiger partial charge in [-0.15, -0.1) is 0 Å². The molecule has 0 radical (unpaired) electrons. The van der Waals surface area contributed by atoms with Crippen molar-refractivity contribution in [1.29, 1.82) is 0 Å². The quantitative estimate of drug-likeness (QED) is 0.737. The van der Waals surface area contributed by atoms with Crippen molar-refractivity contribution in [2.45, 2.75) is 19.9 Å². The molecule has 1 aromatic rings. The van der Waals surface area contributed by atoms with Gasteiger partial charge in [0.1, 0.15) is 19.0 Å². The monoisotopic (exact) mass is 283 g/mol. The van der Waals surface area contributed by atoms with E-state index in [0.29, 0.717) is 12.2 Å². The summed E-state index contributed by atoms with van der Waals surface area (Å²) in [7, 11) is 0. The van der Waals surface area contributed by atoms with Gasteiger partial charge in [0.05, 0.1) is 0 Å². The maximum absolute atomic E-state index is 12.8. The third kappa shape index (κ3) is 5.79. The van der Waals surface area contributed by atoms with Crippen LogP contribution >= 0.6 is 0 Å². The van der Waals surface area contributed by atoms with E-state index in [0.717, 1.165) is 6.42 Å². The van der Waals surface area contributed by atoms with Crippen molar-refractivity contribution in [2.24, 2.45) is 0 Å². The lowest BCUT2D eigenvalue weighted by molar-refractivity contribution is -0.147. The molecule has 0 spiro atoms. The molecule has 0 aromatic heterocycles. The van der Waals surface area contributed by atoms with E-state index >= 15 is 0 Å². The highest BCUT2D eigenvalue weighted by molar-refractivity contribution is 5.82. The zero-order chi connectivity index (χ0) is 15.0. The maximum Gasteiger partial charge on any atom is 0.323 e. The molecule has 0 aliphatic heterocycles. The Balaban J connectivity index is 2.65. The molecule has 0 fully saturated rings. The molecule has 0 unspecified atom stereocenters. The van der Waals surface area contributed by atoms with Crippen molar-refractivity contribution in [3.8, 4) is 0 Å². The smallest absolute Gasteiger partial charge is 0.323 e. The Morgan fingerprint density at radius 3 is 2.50 bits per heavy atom. The Hall–Kier alpha value is -1.95. The first-order valence-corrected chi connectivity index (χ1v) is 6.34. The van der Waals surface area contributed by atoms with Crippen LogP contribution in [-0.2, 0) is 20.9 Å². The minimum atomic E-state index is -1.10. The van der Waals surface area contributed by atoms with Crippen molar-refractivity contribution in [3.05, 3.63) is 35.6 Å². The normalized spacial score (nSPS) is 10.3. The molecule has 20 heavy (non-hydrogen) atoms. The summed E-state index contributed by atoms with van der Waals surface area (Å²) in [4.78, 5) is 23.9.